The minimum Gasteiger partial charge on any atom is -0.497 e. The summed E-state index contributed by atoms with van der Waals surface area (Å²) in [4.78, 5) is 23.7. The van der Waals surface area contributed by atoms with E-state index in [-0.39, 0.29) is 18.6 Å². The molecular formula is C18H21NO7. The molecule has 3 rings (SSSR count). The van der Waals surface area contributed by atoms with E-state index >= 15 is 0 Å². The lowest BCUT2D eigenvalue weighted by Gasteiger charge is -2.48. The Morgan fingerprint density at radius 1 is 1.27 bits per heavy atom. The maximum absolute atomic E-state index is 12.2. The van der Waals surface area contributed by atoms with Crippen LogP contribution >= 0.6 is 0 Å². The van der Waals surface area contributed by atoms with Crippen molar-refractivity contribution in [2.24, 2.45) is 0 Å². The molecule has 0 radical (unpaired) electrons. The summed E-state index contributed by atoms with van der Waals surface area (Å²) in [7, 11) is 2.71. The topological polar surface area (TPSA) is 108 Å². The van der Waals surface area contributed by atoms with Crippen molar-refractivity contribution in [1.82, 2.24) is 0 Å². The Balaban J connectivity index is 2.19. The normalized spacial score (nSPS) is 30.4. The maximum atomic E-state index is 12.2. The molecule has 1 fully saturated rings. The highest BCUT2D eigenvalue weighted by Crippen LogP contribution is 2.53. The van der Waals surface area contributed by atoms with Crippen molar-refractivity contribution in [3.05, 3.63) is 51.8 Å². The number of hydrogen-bond donors (Lipinski definition) is 1. The van der Waals surface area contributed by atoms with Gasteiger partial charge in [-0.3, -0.25) is 10.1 Å². The average molecular weight is 363 g/mol. The number of ether oxygens (including phenoxy) is 3. The molecule has 8 heteroatoms. The summed E-state index contributed by atoms with van der Waals surface area (Å²) in [5.74, 6) is -3.32. The van der Waals surface area contributed by atoms with E-state index in [9.17, 15) is 20.0 Å². The van der Waals surface area contributed by atoms with E-state index in [4.69, 9.17) is 14.2 Å². The Kier molecular flexibility index (Phi) is 4.62. The largest absolute Gasteiger partial charge is 0.497 e. The van der Waals surface area contributed by atoms with E-state index in [1.165, 1.54) is 20.3 Å². The van der Waals surface area contributed by atoms with Crippen LogP contribution in [0, 0.1) is 10.1 Å². The minimum atomic E-state index is -2.09. The first-order valence-electron chi connectivity index (χ1n) is 8.38. The second kappa shape index (κ2) is 6.60. The molecule has 1 aliphatic carbocycles. The zero-order chi connectivity index (χ0) is 18.9. The first-order valence-corrected chi connectivity index (χ1v) is 8.38. The van der Waals surface area contributed by atoms with Crippen LogP contribution in [0.5, 0.6) is 5.75 Å². The van der Waals surface area contributed by atoms with Gasteiger partial charge in [0.15, 0.2) is 0 Å². The van der Waals surface area contributed by atoms with Crippen molar-refractivity contribution in [3.63, 3.8) is 0 Å². The van der Waals surface area contributed by atoms with Crippen molar-refractivity contribution in [2.75, 3.05) is 14.2 Å². The minimum absolute atomic E-state index is 0.0645. The Bertz CT molecular complexity index is 744. The second-order valence-electron chi connectivity index (χ2n) is 6.55. The van der Waals surface area contributed by atoms with Crippen LogP contribution in [0.4, 0.5) is 0 Å². The van der Waals surface area contributed by atoms with Crippen LogP contribution in [-0.2, 0) is 14.3 Å². The quantitative estimate of drug-likeness (QED) is 0.496. The van der Waals surface area contributed by atoms with Gasteiger partial charge in [0.2, 0.25) is 5.76 Å². The number of fused-ring (bicyclic) bond motifs is 1. The van der Waals surface area contributed by atoms with Gasteiger partial charge in [-0.2, -0.15) is 0 Å². The molecule has 26 heavy (non-hydrogen) atoms. The van der Waals surface area contributed by atoms with E-state index < -0.39 is 28.1 Å². The third kappa shape index (κ3) is 2.61. The van der Waals surface area contributed by atoms with Crippen molar-refractivity contribution in [2.45, 2.75) is 42.9 Å². The van der Waals surface area contributed by atoms with Gasteiger partial charge in [0.1, 0.15) is 5.75 Å². The Morgan fingerprint density at radius 2 is 1.92 bits per heavy atom. The SMILES string of the molecule is COC(=O)C1=C[C@H](c2ccc(OC)cc2)[C@]2([N+](=O)[O-])CCCC[C@]2(O)O1. The fourth-order valence-corrected chi connectivity index (χ4v) is 3.95. The van der Waals surface area contributed by atoms with Crippen molar-refractivity contribution >= 4 is 5.97 Å². The summed E-state index contributed by atoms with van der Waals surface area (Å²) < 4.78 is 15.3. The van der Waals surface area contributed by atoms with Gasteiger partial charge in [-0.05, 0) is 36.6 Å². The van der Waals surface area contributed by atoms with Gasteiger partial charge < -0.3 is 19.3 Å². The number of nitrogens with zero attached hydrogens (tertiary/aromatic N) is 1. The monoisotopic (exact) mass is 363 g/mol. The van der Waals surface area contributed by atoms with Crippen LogP contribution in [0.1, 0.15) is 37.2 Å². The number of aliphatic hydroxyl groups is 1. The Labute approximate surface area is 150 Å². The fraction of sp³-hybridized carbons (Fsp3) is 0.500. The zero-order valence-corrected chi connectivity index (χ0v) is 14.6. The van der Waals surface area contributed by atoms with Gasteiger partial charge in [-0.15, -0.1) is 0 Å². The molecule has 1 saturated carbocycles. The van der Waals surface area contributed by atoms with Gasteiger partial charge >= 0.3 is 5.97 Å². The van der Waals surface area contributed by atoms with Crippen LogP contribution in [0.2, 0.25) is 0 Å². The number of rotatable bonds is 4. The molecule has 1 aliphatic heterocycles. The van der Waals surface area contributed by atoms with E-state index in [2.05, 4.69) is 0 Å². The highest BCUT2D eigenvalue weighted by Gasteiger charge is 2.70. The molecule has 140 valence electrons. The Hall–Kier alpha value is -2.61. The molecule has 0 spiro atoms. The third-order valence-electron chi connectivity index (χ3n) is 5.30. The molecule has 8 nitrogen and oxygen atoms in total. The van der Waals surface area contributed by atoms with Crippen LogP contribution in [0.3, 0.4) is 0 Å². The van der Waals surface area contributed by atoms with Crippen molar-refractivity contribution < 1.29 is 29.0 Å². The molecule has 0 aromatic heterocycles. The average Bonchev–Trinajstić information content (AvgIpc) is 2.65. The number of carbonyl (C=O) groups excluding carboxylic acids is 1. The van der Waals surface area contributed by atoms with Crippen LogP contribution < -0.4 is 4.74 Å². The maximum Gasteiger partial charge on any atom is 0.373 e. The van der Waals surface area contributed by atoms with Crippen LogP contribution in [0.25, 0.3) is 0 Å². The fourth-order valence-electron chi connectivity index (χ4n) is 3.95. The predicted molar refractivity (Wildman–Crippen MR) is 90.1 cm³/mol. The number of hydrogen-bond acceptors (Lipinski definition) is 7. The number of nitro groups is 1. The first-order chi connectivity index (χ1) is 12.4. The van der Waals surface area contributed by atoms with Crippen LogP contribution in [0.15, 0.2) is 36.1 Å². The van der Waals surface area contributed by atoms with Gasteiger partial charge in [-0.1, -0.05) is 12.1 Å². The number of methoxy groups -OCH3 is 2. The molecule has 1 N–H and O–H groups in total. The molecule has 0 amide bonds. The number of esters is 1. The Morgan fingerprint density at radius 3 is 2.50 bits per heavy atom. The van der Waals surface area contributed by atoms with E-state index in [0.717, 1.165) is 0 Å². The lowest BCUT2D eigenvalue weighted by molar-refractivity contribution is -0.623. The molecule has 0 saturated heterocycles. The molecule has 1 aromatic rings. The standard InChI is InChI=1S/C18H21NO7/c1-24-13-7-5-12(6-8-13)14-11-15(16(20)25-2)26-18(21)10-4-3-9-17(14,18)19(22)23/h5-8,11,14,21H,3-4,9-10H2,1-2H3/t14-,17-,18+/m1/s1. The third-order valence-corrected chi connectivity index (χ3v) is 5.30. The van der Waals surface area contributed by atoms with Gasteiger partial charge in [0.25, 0.3) is 11.3 Å². The van der Waals surface area contributed by atoms with Gasteiger partial charge in [0, 0.05) is 17.8 Å². The first kappa shape index (κ1) is 18.2. The van der Waals surface area contributed by atoms with Gasteiger partial charge in [0.05, 0.1) is 20.1 Å². The highest BCUT2D eigenvalue weighted by molar-refractivity contribution is 5.86. The lowest BCUT2D eigenvalue weighted by Crippen LogP contribution is -2.67. The summed E-state index contributed by atoms with van der Waals surface area (Å²) in [6.45, 7) is 0. The van der Waals surface area contributed by atoms with Crippen molar-refractivity contribution in [1.29, 1.82) is 0 Å². The smallest absolute Gasteiger partial charge is 0.373 e. The summed E-state index contributed by atoms with van der Waals surface area (Å²) >= 11 is 0. The van der Waals surface area contributed by atoms with E-state index in [0.29, 0.717) is 24.2 Å². The summed E-state index contributed by atoms with van der Waals surface area (Å²) in [6.07, 6.45) is 2.74. The lowest BCUT2D eigenvalue weighted by atomic mass is 9.65. The van der Waals surface area contributed by atoms with Crippen molar-refractivity contribution in [3.8, 4) is 5.75 Å². The van der Waals surface area contributed by atoms with Crippen LogP contribution in [-0.4, -0.2) is 41.5 Å². The number of carbonyl (C=O) groups is 1. The molecule has 0 bridgehead atoms. The number of benzene rings is 1. The second-order valence-corrected chi connectivity index (χ2v) is 6.55. The molecular weight excluding hydrogens is 342 g/mol. The zero-order valence-electron chi connectivity index (χ0n) is 14.6. The molecule has 0 unspecified atom stereocenters. The highest BCUT2D eigenvalue weighted by atomic mass is 16.7. The van der Waals surface area contributed by atoms with E-state index in [1.54, 1.807) is 24.3 Å². The molecule has 1 aromatic carbocycles. The van der Waals surface area contributed by atoms with Gasteiger partial charge in [-0.25, -0.2) is 4.79 Å². The molecule has 2 aliphatic rings. The van der Waals surface area contributed by atoms with E-state index in [1.807, 2.05) is 0 Å². The summed E-state index contributed by atoms with van der Waals surface area (Å²) in [5.41, 5.74) is -1.19. The molecule has 1 heterocycles. The predicted octanol–water partition coefficient (Wildman–Crippen LogP) is 2.14. The molecule has 3 atom stereocenters. The summed E-state index contributed by atoms with van der Waals surface area (Å²) in [6, 6.07) is 6.76. The summed E-state index contributed by atoms with van der Waals surface area (Å²) in [5, 5.41) is 23.3.